The minimum Gasteiger partial charge on any atom is -0.351 e. The van der Waals surface area contributed by atoms with Crippen molar-refractivity contribution in [1.82, 2.24) is 9.97 Å². The van der Waals surface area contributed by atoms with Crippen LogP contribution in [-0.2, 0) is 6.18 Å². The van der Waals surface area contributed by atoms with Crippen LogP contribution in [0, 0.1) is 6.92 Å². The number of benzene rings is 1. The first-order valence-electron chi connectivity index (χ1n) is 8.07. The number of aryl methyl sites for hydroxylation is 1. The smallest absolute Gasteiger partial charge is 0.351 e. The molecule has 0 amide bonds. The molecule has 1 aliphatic rings. The number of halogens is 4. The van der Waals surface area contributed by atoms with Crippen LogP contribution in [0.3, 0.4) is 0 Å². The molecular weight excluding hydrogens is 353 g/mol. The molecule has 1 heterocycles. The normalized spacial score (nSPS) is 15.4. The topological polar surface area (TPSA) is 49.8 Å². The van der Waals surface area contributed by atoms with Crippen molar-refractivity contribution in [1.29, 1.82) is 0 Å². The van der Waals surface area contributed by atoms with Crippen molar-refractivity contribution in [3.05, 3.63) is 40.5 Å². The molecule has 1 aromatic heterocycles. The van der Waals surface area contributed by atoms with E-state index in [1.165, 1.54) is 0 Å². The lowest BCUT2D eigenvalue weighted by molar-refractivity contribution is -0.141. The first-order valence-corrected chi connectivity index (χ1v) is 8.45. The first kappa shape index (κ1) is 17.8. The number of nitrogens with one attached hydrogen (secondary N) is 2. The molecule has 0 atom stereocenters. The fraction of sp³-hybridized carbons (Fsp3) is 0.412. The van der Waals surface area contributed by atoms with Gasteiger partial charge in [0.05, 0.1) is 0 Å². The summed E-state index contributed by atoms with van der Waals surface area (Å²) < 4.78 is 39.5. The van der Waals surface area contributed by atoms with Gasteiger partial charge in [-0.25, -0.2) is 4.98 Å². The Balaban J connectivity index is 1.89. The van der Waals surface area contributed by atoms with Crippen molar-refractivity contribution in [3.63, 3.8) is 0 Å². The average Bonchev–Trinajstić information content (AvgIpc) is 3.03. The van der Waals surface area contributed by atoms with Gasteiger partial charge in [0.1, 0.15) is 5.82 Å². The maximum absolute atomic E-state index is 13.2. The molecule has 8 heteroatoms. The highest BCUT2D eigenvalue weighted by molar-refractivity contribution is 6.31. The summed E-state index contributed by atoms with van der Waals surface area (Å²) in [6, 6.07) is 6.18. The molecule has 4 nitrogen and oxygen atoms in total. The van der Waals surface area contributed by atoms with E-state index in [0.29, 0.717) is 10.7 Å². The van der Waals surface area contributed by atoms with Gasteiger partial charge in [-0.3, -0.25) is 0 Å². The Bertz CT molecular complexity index is 758. The monoisotopic (exact) mass is 370 g/mol. The maximum Gasteiger partial charge on any atom is 0.433 e. The molecule has 1 aromatic carbocycles. The number of hydrogen-bond acceptors (Lipinski definition) is 4. The third-order valence-electron chi connectivity index (χ3n) is 4.15. The number of nitrogens with zero attached hydrogens (tertiary/aromatic N) is 2. The van der Waals surface area contributed by atoms with E-state index < -0.39 is 11.9 Å². The van der Waals surface area contributed by atoms with Gasteiger partial charge >= 0.3 is 6.18 Å². The highest BCUT2D eigenvalue weighted by Crippen LogP contribution is 2.31. The predicted octanol–water partition coefficient (Wildman–Crippen LogP) is 5.56. The van der Waals surface area contributed by atoms with Crippen LogP contribution in [0.1, 0.15) is 36.9 Å². The van der Waals surface area contributed by atoms with Crippen molar-refractivity contribution in [2.45, 2.75) is 44.8 Å². The van der Waals surface area contributed by atoms with E-state index in [1.54, 1.807) is 18.2 Å². The summed E-state index contributed by atoms with van der Waals surface area (Å²) >= 11 is 6.06. The Morgan fingerprint density at radius 1 is 1.12 bits per heavy atom. The van der Waals surface area contributed by atoms with E-state index in [2.05, 4.69) is 20.6 Å². The van der Waals surface area contributed by atoms with Gasteiger partial charge in [0.2, 0.25) is 5.95 Å². The van der Waals surface area contributed by atoms with Gasteiger partial charge in [-0.15, -0.1) is 0 Å². The second-order valence-electron chi connectivity index (χ2n) is 6.17. The van der Waals surface area contributed by atoms with Crippen molar-refractivity contribution >= 4 is 29.1 Å². The summed E-state index contributed by atoms with van der Waals surface area (Å²) in [5, 5.41) is 6.41. The van der Waals surface area contributed by atoms with Gasteiger partial charge in [-0.1, -0.05) is 30.5 Å². The summed E-state index contributed by atoms with van der Waals surface area (Å²) in [4.78, 5) is 7.81. The van der Waals surface area contributed by atoms with Crippen LogP contribution in [0.25, 0.3) is 0 Å². The van der Waals surface area contributed by atoms with Crippen LogP contribution in [-0.4, -0.2) is 16.0 Å². The van der Waals surface area contributed by atoms with E-state index in [4.69, 9.17) is 11.6 Å². The van der Waals surface area contributed by atoms with Crippen LogP contribution < -0.4 is 10.6 Å². The third-order valence-corrected chi connectivity index (χ3v) is 4.56. The van der Waals surface area contributed by atoms with E-state index in [1.807, 2.05) is 6.92 Å². The Labute approximate surface area is 148 Å². The lowest BCUT2D eigenvalue weighted by atomic mass is 10.2. The number of anilines is 3. The number of aromatic nitrogens is 2. The summed E-state index contributed by atoms with van der Waals surface area (Å²) in [7, 11) is 0. The first-order chi connectivity index (χ1) is 11.8. The highest BCUT2D eigenvalue weighted by atomic mass is 35.5. The summed E-state index contributed by atoms with van der Waals surface area (Å²) in [6.07, 6.45) is -0.602. The Morgan fingerprint density at radius 3 is 2.48 bits per heavy atom. The van der Waals surface area contributed by atoms with Crippen LogP contribution in [0.15, 0.2) is 24.3 Å². The van der Waals surface area contributed by atoms with Crippen molar-refractivity contribution in [3.8, 4) is 0 Å². The fourth-order valence-electron chi connectivity index (χ4n) is 2.79. The molecular formula is C17H18ClF3N4. The van der Waals surface area contributed by atoms with E-state index in [9.17, 15) is 13.2 Å². The molecule has 1 saturated carbocycles. The van der Waals surface area contributed by atoms with Crippen LogP contribution in [0.4, 0.5) is 30.6 Å². The zero-order chi connectivity index (χ0) is 18.0. The van der Waals surface area contributed by atoms with Gasteiger partial charge in [0.25, 0.3) is 0 Å². The maximum atomic E-state index is 13.2. The number of rotatable bonds is 4. The molecule has 1 fully saturated rings. The van der Waals surface area contributed by atoms with Crippen LogP contribution >= 0.6 is 11.6 Å². The molecule has 3 rings (SSSR count). The van der Waals surface area contributed by atoms with Crippen LogP contribution in [0.5, 0.6) is 0 Å². The Hall–Kier alpha value is -2.02. The second kappa shape index (κ2) is 7.07. The van der Waals surface area contributed by atoms with Gasteiger partial charge in [0, 0.05) is 22.8 Å². The molecule has 0 saturated heterocycles. The largest absolute Gasteiger partial charge is 0.433 e. The van der Waals surface area contributed by atoms with Gasteiger partial charge in [0.15, 0.2) is 5.69 Å². The lowest BCUT2D eigenvalue weighted by Crippen LogP contribution is -2.19. The SMILES string of the molecule is Cc1ccc(Nc2cc(C(F)(F)F)nc(NC3CCCC3)n2)cc1Cl. The predicted molar refractivity (Wildman–Crippen MR) is 92.4 cm³/mol. The minimum absolute atomic E-state index is 0.0116. The highest BCUT2D eigenvalue weighted by Gasteiger charge is 2.34. The Kier molecular flexibility index (Phi) is 5.03. The van der Waals surface area contributed by atoms with E-state index in [0.717, 1.165) is 37.3 Å². The zero-order valence-corrected chi connectivity index (χ0v) is 14.4. The zero-order valence-electron chi connectivity index (χ0n) is 13.6. The third kappa shape index (κ3) is 4.54. The Morgan fingerprint density at radius 2 is 1.84 bits per heavy atom. The summed E-state index contributed by atoms with van der Waals surface area (Å²) in [5.41, 5.74) is 0.465. The van der Waals surface area contributed by atoms with Gasteiger partial charge in [-0.05, 0) is 37.5 Å². The molecule has 134 valence electrons. The molecule has 0 spiro atoms. The van der Waals surface area contributed by atoms with E-state index in [-0.39, 0.29) is 17.8 Å². The van der Waals surface area contributed by atoms with Crippen molar-refractivity contribution in [2.24, 2.45) is 0 Å². The molecule has 25 heavy (non-hydrogen) atoms. The quantitative estimate of drug-likeness (QED) is 0.740. The van der Waals surface area contributed by atoms with Gasteiger partial charge < -0.3 is 10.6 Å². The molecule has 0 bridgehead atoms. The van der Waals surface area contributed by atoms with E-state index >= 15 is 0 Å². The van der Waals surface area contributed by atoms with Gasteiger partial charge in [-0.2, -0.15) is 18.2 Å². The standard InChI is InChI=1S/C17H18ClF3N4/c1-10-6-7-12(8-13(10)18)22-15-9-14(17(19,20)21)24-16(25-15)23-11-4-2-3-5-11/h6-9,11H,2-5H2,1H3,(H2,22,23,24,25). The summed E-state index contributed by atoms with van der Waals surface area (Å²) in [5.74, 6) is 0.0603. The fourth-order valence-corrected chi connectivity index (χ4v) is 2.97. The molecule has 1 aliphatic carbocycles. The minimum atomic E-state index is -4.55. The summed E-state index contributed by atoms with van der Waals surface area (Å²) in [6.45, 7) is 1.85. The van der Waals surface area contributed by atoms with Crippen LogP contribution in [0.2, 0.25) is 5.02 Å². The molecule has 0 aliphatic heterocycles. The van der Waals surface area contributed by atoms with Crippen molar-refractivity contribution < 1.29 is 13.2 Å². The number of hydrogen-bond donors (Lipinski definition) is 2. The number of alkyl halides is 3. The van der Waals surface area contributed by atoms with Crippen molar-refractivity contribution in [2.75, 3.05) is 10.6 Å². The molecule has 0 unspecified atom stereocenters. The molecule has 2 aromatic rings. The second-order valence-corrected chi connectivity index (χ2v) is 6.58. The average molecular weight is 371 g/mol. The lowest BCUT2D eigenvalue weighted by Gasteiger charge is -2.16. The molecule has 0 radical (unpaired) electrons. The molecule has 2 N–H and O–H groups in total.